The predicted octanol–water partition coefficient (Wildman–Crippen LogP) is -0.442. The number of nitrogens with one attached hydrogen (secondary N) is 1. The van der Waals surface area contributed by atoms with E-state index in [0.717, 1.165) is 35.8 Å². The van der Waals surface area contributed by atoms with Crippen molar-refractivity contribution in [2.75, 3.05) is 52.9 Å². The van der Waals surface area contributed by atoms with E-state index in [4.69, 9.17) is 0 Å². The maximum Gasteiger partial charge on any atom is 0.334 e. The third kappa shape index (κ3) is 4.47. The average Bonchev–Trinajstić information content (AvgIpc) is 3.21. The topological polar surface area (TPSA) is 82.4 Å². The number of amides is 3. The molecule has 0 unspecified atom stereocenters. The Morgan fingerprint density at radius 3 is 2.14 bits per heavy atom. The van der Waals surface area contributed by atoms with Crippen LogP contribution in [0.3, 0.4) is 0 Å². The van der Waals surface area contributed by atoms with Gasteiger partial charge in [0, 0.05) is 13.1 Å². The van der Waals surface area contributed by atoms with E-state index >= 15 is 0 Å². The number of sulfonamides is 1. The number of hydrogen-bond donors (Lipinski definition) is 1. The summed E-state index contributed by atoms with van der Waals surface area (Å²) in [5.41, 5.74) is 0.923. The number of likely N-dealkylation sites (tertiary alicyclic amines) is 1. The first-order valence-corrected chi connectivity index (χ1v) is 11.2. The molecule has 2 saturated heterocycles. The van der Waals surface area contributed by atoms with Gasteiger partial charge in [-0.25, -0.2) is 17.5 Å². The summed E-state index contributed by atoms with van der Waals surface area (Å²) in [6.45, 7) is 5.10. The molecular weight excluding hydrogens is 380 g/mol. The number of aryl methyl sites for hydroxylation is 1. The lowest BCUT2D eigenvalue weighted by Gasteiger charge is -2.34. The molecule has 154 valence electrons. The third-order valence-electron chi connectivity index (χ3n) is 5.45. The first-order chi connectivity index (χ1) is 13.3. The highest BCUT2D eigenvalue weighted by Gasteiger charge is 2.37. The van der Waals surface area contributed by atoms with Crippen molar-refractivity contribution in [3.05, 3.63) is 29.8 Å². The normalized spacial score (nSPS) is 18.4. The van der Waals surface area contributed by atoms with E-state index in [9.17, 15) is 18.0 Å². The molecule has 8 nitrogen and oxygen atoms in total. The van der Waals surface area contributed by atoms with E-state index in [1.165, 1.54) is 21.9 Å². The molecule has 2 heterocycles. The van der Waals surface area contributed by atoms with Crippen molar-refractivity contribution >= 4 is 22.0 Å². The van der Waals surface area contributed by atoms with Crippen molar-refractivity contribution in [1.82, 2.24) is 14.1 Å². The summed E-state index contributed by atoms with van der Waals surface area (Å²) in [4.78, 5) is 30.3. The summed E-state index contributed by atoms with van der Waals surface area (Å²) in [5, 5.41) is 0. The van der Waals surface area contributed by atoms with Gasteiger partial charge >= 0.3 is 6.03 Å². The molecule has 0 bridgehead atoms. The summed E-state index contributed by atoms with van der Waals surface area (Å²) in [7, 11) is -2.08. The zero-order valence-electron chi connectivity index (χ0n) is 16.6. The van der Waals surface area contributed by atoms with Crippen LogP contribution < -0.4 is 4.90 Å². The Hall–Kier alpha value is -2.13. The molecule has 9 heteroatoms. The smallest absolute Gasteiger partial charge is 0.334 e. The fourth-order valence-electron chi connectivity index (χ4n) is 3.52. The minimum Gasteiger partial charge on any atom is -0.341 e. The number of urea groups is 1. The third-order valence-corrected chi connectivity index (χ3v) is 7.18. The molecule has 0 aliphatic carbocycles. The van der Waals surface area contributed by atoms with Gasteiger partial charge in [0.1, 0.15) is 6.54 Å². The Kier molecular flexibility index (Phi) is 6.24. The second-order valence-electron chi connectivity index (χ2n) is 7.64. The Labute approximate surface area is 166 Å². The molecule has 2 fully saturated rings. The highest BCUT2D eigenvalue weighted by molar-refractivity contribution is 7.89. The molecule has 3 amide bonds. The Balaban J connectivity index is 1.87. The number of nitrogens with zero attached hydrogens (tertiary/aromatic N) is 3. The molecule has 28 heavy (non-hydrogen) atoms. The van der Waals surface area contributed by atoms with Gasteiger partial charge in [0.25, 0.3) is 10.0 Å². The molecule has 3 rings (SSSR count). The largest absolute Gasteiger partial charge is 0.341 e. The molecule has 0 aromatic heterocycles. The molecule has 0 spiro atoms. The number of carbonyl (C=O) groups excluding carboxylic acids is 2. The van der Waals surface area contributed by atoms with Crippen LogP contribution in [-0.4, -0.2) is 87.3 Å². The van der Waals surface area contributed by atoms with Crippen LogP contribution in [0.2, 0.25) is 0 Å². The molecule has 1 N–H and O–H groups in total. The molecule has 2 aliphatic rings. The van der Waals surface area contributed by atoms with E-state index in [2.05, 4.69) is 0 Å². The highest BCUT2D eigenvalue weighted by Crippen LogP contribution is 2.19. The van der Waals surface area contributed by atoms with Gasteiger partial charge in [-0.2, -0.15) is 0 Å². The van der Waals surface area contributed by atoms with Gasteiger partial charge in [-0.3, -0.25) is 4.79 Å². The summed E-state index contributed by atoms with van der Waals surface area (Å²) < 4.78 is 27.3. The second-order valence-corrected chi connectivity index (χ2v) is 9.50. The number of hydrogen-bond acceptors (Lipinski definition) is 4. The summed E-state index contributed by atoms with van der Waals surface area (Å²) in [5.74, 6) is -0.318. The van der Waals surface area contributed by atoms with Crippen LogP contribution in [-0.2, 0) is 14.8 Å². The summed E-state index contributed by atoms with van der Waals surface area (Å²) in [6, 6.07) is 5.74. The van der Waals surface area contributed by atoms with Crippen molar-refractivity contribution in [1.29, 1.82) is 0 Å². The van der Waals surface area contributed by atoms with Crippen LogP contribution in [0.15, 0.2) is 29.2 Å². The van der Waals surface area contributed by atoms with Crippen molar-refractivity contribution in [3.8, 4) is 0 Å². The predicted molar refractivity (Wildman–Crippen MR) is 104 cm³/mol. The van der Waals surface area contributed by atoms with Gasteiger partial charge < -0.3 is 14.7 Å². The van der Waals surface area contributed by atoms with Gasteiger partial charge in [0.2, 0.25) is 5.91 Å². The monoisotopic (exact) mass is 409 g/mol. The first-order valence-electron chi connectivity index (χ1n) is 9.76. The minimum atomic E-state index is -4.12. The van der Waals surface area contributed by atoms with Crippen LogP contribution in [0.4, 0.5) is 4.79 Å². The van der Waals surface area contributed by atoms with Crippen molar-refractivity contribution < 1.29 is 22.9 Å². The van der Waals surface area contributed by atoms with Crippen LogP contribution in [0.1, 0.15) is 18.4 Å². The Morgan fingerprint density at radius 2 is 1.57 bits per heavy atom. The molecule has 1 aromatic rings. The van der Waals surface area contributed by atoms with Gasteiger partial charge in [0.15, 0.2) is 0 Å². The Morgan fingerprint density at radius 1 is 1.00 bits per heavy atom. The SMILES string of the molecule is Cc1ccc(S(=O)(=O)N(CC(=O)N2CCCC2)C(=O)N2CC[NH+](C)CC2)cc1. The van der Waals surface area contributed by atoms with Crippen LogP contribution in [0.5, 0.6) is 0 Å². The van der Waals surface area contributed by atoms with Crippen molar-refractivity contribution in [2.45, 2.75) is 24.7 Å². The lowest BCUT2D eigenvalue weighted by atomic mass is 10.2. The first kappa shape index (κ1) is 20.6. The van der Waals surface area contributed by atoms with E-state index < -0.39 is 22.6 Å². The van der Waals surface area contributed by atoms with Gasteiger partial charge in [-0.15, -0.1) is 0 Å². The summed E-state index contributed by atoms with van der Waals surface area (Å²) in [6.07, 6.45) is 1.82. The number of likely N-dealkylation sites (N-methyl/N-ethyl adjacent to an activating group) is 1. The van der Waals surface area contributed by atoms with Crippen LogP contribution >= 0.6 is 0 Å². The molecule has 0 saturated carbocycles. The van der Waals surface area contributed by atoms with Crippen molar-refractivity contribution in [2.24, 2.45) is 0 Å². The fourth-order valence-corrected chi connectivity index (χ4v) is 4.86. The Bertz CT molecular complexity index is 811. The van der Waals surface area contributed by atoms with Gasteiger partial charge in [-0.05, 0) is 31.9 Å². The number of piperazine rings is 1. The van der Waals surface area contributed by atoms with Gasteiger partial charge in [0.05, 0.1) is 38.1 Å². The fraction of sp³-hybridized carbons (Fsp3) is 0.579. The van der Waals surface area contributed by atoms with Crippen molar-refractivity contribution in [3.63, 3.8) is 0 Å². The zero-order valence-corrected chi connectivity index (χ0v) is 17.4. The standard InChI is InChI=1S/C19H28N4O4S/c1-16-5-7-17(8-6-16)28(26,27)23(15-18(24)21-9-3-4-10-21)19(25)22-13-11-20(2)12-14-22/h5-8H,3-4,9-15H2,1-2H3/p+1. The van der Waals surface area contributed by atoms with E-state index in [-0.39, 0.29) is 10.8 Å². The molecular formula is C19H29N4O4S+. The molecule has 1 aromatic carbocycles. The van der Waals surface area contributed by atoms with E-state index in [1.54, 1.807) is 17.0 Å². The lowest BCUT2D eigenvalue weighted by molar-refractivity contribution is -0.883. The van der Waals surface area contributed by atoms with E-state index in [0.29, 0.717) is 26.2 Å². The maximum absolute atomic E-state index is 13.2. The second kappa shape index (κ2) is 8.48. The number of quaternary nitrogens is 1. The summed E-state index contributed by atoms with van der Waals surface area (Å²) >= 11 is 0. The quantitative estimate of drug-likeness (QED) is 0.731. The maximum atomic E-state index is 13.2. The average molecular weight is 410 g/mol. The zero-order chi connectivity index (χ0) is 20.3. The highest BCUT2D eigenvalue weighted by atomic mass is 32.2. The van der Waals surface area contributed by atoms with E-state index in [1.807, 2.05) is 14.0 Å². The number of rotatable bonds is 4. The molecule has 0 atom stereocenters. The lowest BCUT2D eigenvalue weighted by Crippen LogP contribution is -3.12. The van der Waals surface area contributed by atoms with Crippen LogP contribution in [0.25, 0.3) is 0 Å². The molecule has 2 aliphatic heterocycles. The van der Waals surface area contributed by atoms with Crippen LogP contribution in [0, 0.1) is 6.92 Å². The minimum absolute atomic E-state index is 0.0282. The number of carbonyl (C=O) groups is 2. The number of benzene rings is 1. The van der Waals surface area contributed by atoms with Gasteiger partial charge in [-0.1, -0.05) is 17.7 Å². The molecule has 0 radical (unpaired) electrons.